The molecule has 0 radical (unpaired) electrons. The lowest BCUT2D eigenvalue weighted by Crippen LogP contribution is -2.66. The second kappa shape index (κ2) is 37.2. The summed E-state index contributed by atoms with van der Waals surface area (Å²) in [4.78, 5) is 29.1. The van der Waals surface area contributed by atoms with Crippen molar-refractivity contribution in [3.63, 3.8) is 0 Å². The van der Waals surface area contributed by atoms with Gasteiger partial charge in [-0.25, -0.2) is 0 Å². The standard InChI is InChI=1S/C62H105NO6Si/c1-62(2,3)70(58-45-33-23-34-46-58,59-47-35-24-36-48-59)69-54-53-66-52-49-63(4)57(43-31-25-37-50-67-60(64)55-39-27-19-15-11-7-5-8-12-16-20-28-40-55)44-32-26-38-51-68-61(65)56-41-29-21-17-13-9-6-10-14-18-22-30-42-56/h23-24,33-36,45-48,55-57H,5-22,25-32,37-44,49-54H2,1-4H3. The smallest absolute Gasteiger partial charge is 0.308 e. The molecule has 0 aliphatic heterocycles. The average molecular weight is 989 g/mol. The molecular weight excluding hydrogens is 883 g/mol. The van der Waals surface area contributed by atoms with Gasteiger partial charge in [0.2, 0.25) is 0 Å². The van der Waals surface area contributed by atoms with E-state index in [2.05, 4.69) is 93.4 Å². The van der Waals surface area contributed by atoms with Crippen molar-refractivity contribution in [1.29, 1.82) is 0 Å². The number of benzene rings is 2. The van der Waals surface area contributed by atoms with Crippen LogP contribution in [0.15, 0.2) is 60.7 Å². The van der Waals surface area contributed by atoms with E-state index in [-0.39, 0.29) is 28.8 Å². The van der Waals surface area contributed by atoms with Gasteiger partial charge >= 0.3 is 11.9 Å². The van der Waals surface area contributed by atoms with E-state index in [9.17, 15) is 9.59 Å². The number of carbonyl (C=O) groups excluding carboxylic acids is 2. The first kappa shape index (κ1) is 60.0. The molecule has 0 atom stereocenters. The van der Waals surface area contributed by atoms with Gasteiger partial charge in [0, 0.05) is 12.6 Å². The molecule has 7 nitrogen and oxygen atoms in total. The van der Waals surface area contributed by atoms with E-state index < -0.39 is 8.32 Å². The molecule has 70 heavy (non-hydrogen) atoms. The molecule has 2 aromatic carbocycles. The molecule has 2 aliphatic rings. The summed E-state index contributed by atoms with van der Waals surface area (Å²) >= 11 is 0. The summed E-state index contributed by atoms with van der Waals surface area (Å²) in [6, 6.07) is 22.1. The number of hydrogen-bond acceptors (Lipinski definition) is 7. The first-order valence-corrected chi connectivity index (χ1v) is 31.5. The van der Waals surface area contributed by atoms with Gasteiger partial charge in [-0.3, -0.25) is 9.59 Å². The zero-order valence-corrected chi connectivity index (χ0v) is 46.7. The predicted molar refractivity (Wildman–Crippen MR) is 297 cm³/mol. The maximum absolute atomic E-state index is 13.3. The number of carbonyl (C=O) groups is 2. The van der Waals surface area contributed by atoms with E-state index in [4.69, 9.17) is 18.6 Å². The molecule has 0 saturated heterocycles. The quantitative estimate of drug-likeness (QED) is 0.0589. The zero-order chi connectivity index (χ0) is 49.8. The van der Waals surface area contributed by atoms with Crippen LogP contribution in [0.25, 0.3) is 0 Å². The Kier molecular flexibility index (Phi) is 31.9. The molecule has 398 valence electrons. The summed E-state index contributed by atoms with van der Waals surface area (Å²) < 4.78 is 25.4. The molecule has 0 unspecified atom stereocenters. The molecule has 4 rings (SSSR count). The van der Waals surface area contributed by atoms with Gasteiger partial charge in [-0.1, -0.05) is 248 Å². The third-order valence-electron chi connectivity index (χ3n) is 15.9. The van der Waals surface area contributed by atoms with Gasteiger partial charge in [0.05, 0.1) is 44.9 Å². The number of rotatable bonds is 24. The summed E-state index contributed by atoms with van der Waals surface area (Å²) in [7, 11) is -0.343. The largest absolute Gasteiger partial charge is 0.465 e. The molecule has 2 saturated carbocycles. The number of hydrogen-bond donors (Lipinski definition) is 0. The van der Waals surface area contributed by atoms with Gasteiger partial charge in [-0.2, -0.15) is 0 Å². The molecular formula is C62H105NO6Si. The zero-order valence-electron chi connectivity index (χ0n) is 45.7. The maximum Gasteiger partial charge on any atom is 0.308 e. The summed E-state index contributed by atoms with van der Waals surface area (Å²) in [5.74, 6) is 0.264. The molecule has 0 heterocycles. The minimum atomic E-state index is -2.60. The van der Waals surface area contributed by atoms with Gasteiger partial charge in [0.15, 0.2) is 0 Å². The van der Waals surface area contributed by atoms with Gasteiger partial charge < -0.3 is 23.5 Å². The Morgan fingerprint density at radius 1 is 0.486 bits per heavy atom. The van der Waals surface area contributed by atoms with Crippen molar-refractivity contribution in [2.75, 3.05) is 46.6 Å². The van der Waals surface area contributed by atoms with Crippen LogP contribution in [0.1, 0.15) is 239 Å². The van der Waals surface area contributed by atoms with Gasteiger partial charge in [-0.05, 0) is 73.8 Å². The number of nitrogens with zero attached hydrogens (tertiary/aromatic N) is 1. The minimum Gasteiger partial charge on any atom is -0.465 e. The Morgan fingerprint density at radius 3 is 1.20 bits per heavy atom. The number of ether oxygens (including phenoxy) is 3. The fourth-order valence-corrected chi connectivity index (χ4v) is 16.0. The third kappa shape index (κ3) is 24.0. The number of unbranched alkanes of at least 4 members (excludes halogenated alkanes) is 4. The Labute approximate surface area is 431 Å². The molecule has 2 aromatic rings. The highest BCUT2D eigenvalue weighted by Gasteiger charge is 2.50. The van der Waals surface area contributed by atoms with Gasteiger partial charge in [-0.15, -0.1) is 0 Å². The lowest BCUT2D eigenvalue weighted by Gasteiger charge is -2.43. The van der Waals surface area contributed by atoms with Crippen molar-refractivity contribution in [2.24, 2.45) is 11.8 Å². The molecule has 0 bridgehead atoms. The highest BCUT2D eigenvalue weighted by molar-refractivity contribution is 6.99. The lowest BCUT2D eigenvalue weighted by atomic mass is 9.93. The van der Waals surface area contributed by atoms with Crippen molar-refractivity contribution >= 4 is 30.6 Å². The first-order chi connectivity index (χ1) is 34.2. The van der Waals surface area contributed by atoms with Crippen molar-refractivity contribution in [1.82, 2.24) is 4.90 Å². The van der Waals surface area contributed by atoms with Crippen LogP contribution in [0.4, 0.5) is 0 Å². The maximum atomic E-state index is 13.3. The summed E-state index contributed by atoms with van der Waals surface area (Å²) in [5.41, 5.74) is 0. The lowest BCUT2D eigenvalue weighted by molar-refractivity contribution is -0.150. The van der Waals surface area contributed by atoms with Gasteiger partial charge in [0.1, 0.15) is 0 Å². The fourth-order valence-electron chi connectivity index (χ4n) is 11.5. The SMILES string of the molecule is CN(CCOCCO[Si](c1ccccc1)(c1ccccc1)C(C)(C)C)C(CCCCCOC(=O)C1CCCCCCCCCCCCC1)CCCCCOC(=O)C1CCCCCCCCCCCCC1. The van der Waals surface area contributed by atoms with Crippen molar-refractivity contribution in [3.8, 4) is 0 Å². The topological polar surface area (TPSA) is 74.3 Å². The van der Waals surface area contributed by atoms with Crippen molar-refractivity contribution < 1.29 is 28.2 Å². The summed E-state index contributed by atoms with van der Waals surface area (Å²) in [5, 5.41) is 2.52. The van der Waals surface area contributed by atoms with E-state index in [1.807, 2.05) is 0 Å². The molecule has 0 aromatic heterocycles. The van der Waals surface area contributed by atoms with Gasteiger partial charge in [0.25, 0.3) is 8.32 Å². The fraction of sp³-hybridized carbons (Fsp3) is 0.774. The van der Waals surface area contributed by atoms with Crippen LogP contribution in [0.5, 0.6) is 0 Å². The monoisotopic (exact) mass is 988 g/mol. The Balaban J connectivity index is 1.24. The van der Waals surface area contributed by atoms with E-state index >= 15 is 0 Å². The van der Waals surface area contributed by atoms with Crippen LogP contribution < -0.4 is 10.4 Å². The average Bonchev–Trinajstić information content (AvgIpc) is 3.36. The number of esters is 2. The predicted octanol–water partition coefficient (Wildman–Crippen LogP) is 15.5. The highest BCUT2D eigenvalue weighted by atomic mass is 28.4. The van der Waals surface area contributed by atoms with E-state index in [0.29, 0.717) is 39.1 Å². The number of likely N-dealkylation sites (N-methyl/N-ethyl adjacent to an activating group) is 1. The Morgan fingerprint density at radius 2 is 0.843 bits per heavy atom. The normalized spacial score (nSPS) is 18.0. The van der Waals surface area contributed by atoms with Crippen LogP contribution in [0.3, 0.4) is 0 Å². The molecule has 0 amide bonds. The van der Waals surface area contributed by atoms with Crippen molar-refractivity contribution in [3.05, 3.63) is 60.7 Å². The summed E-state index contributed by atoms with van der Waals surface area (Å²) in [6.45, 7) is 10.7. The second-order valence-corrected chi connectivity index (χ2v) is 26.9. The minimum absolute atomic E-state index is 0.0550. The van der Waals surface area contributed by atoms with Crippen LogP contribution >= 0.6 is 0 Å². The van der Waals surface area contributed by atoms with Crippen LogP contribution in [0.2, 0.25) is 5.04 Å². The first-order valence-electron chi connectivity index (χ1n) is 29.6. The highest BCUT2D eigenvalue weighted by Crippen LogP contribution is 2.37. The molecule has 8 heteroatoms. The van der Waals surface area contributed by atoms with Crippen LogP contribution in [-0.4, -0.2) is 77.8 Å². The Hall–Kier alpha value is -2.52. The summed E-state index contributed by atoms with van der Waals surface area (Å²) in [6.07, 6.45) is 40.9. The Bertz CT molecular complexity index is 1460. The van der Waals surface area contributed by atoms with Crippen LogP contribution in [-0.2, 0) is 28.2 Å². The second-order valence-electron chi connectivity index (χ2n) is 22.6. The molecule has 0 spiro atoms. The van der Waals surface area contributed by atoms with Crippen molar-refractivity contribution in [2.45, 2.75) is 250 Å². The molecule has 2 aliphatic carbocycles. The molecule has 2 fully saturated rings. The van der Waals surface area contributed by atoms with E-state index in [1.54, 1.807) is 0 Å². The van der Waals surface area contributed by atoms with E-state index in [0.717, 1.165) is 109 Å². The third-order valence-corrected chi connectivity index (χ3v) is 20.9. The van der Waals surface area contributed by atoms with Crippen LogP contribution in [0, 0.1) is 11.8 Å². The van der Waals surface area contributed by atoms with E-state index in [1.165, 1.54) is 126 Å². The molecule has 0 N–H and O–H groups in total.